The molecule has 0 bridgehead atoms. The molecule has 1 atom stereocenters. The van der Waals surface area contributed by atoms with Gasteiger partial charge in [-0.2, -0.15) is 0 Å². The Balaban J connectivity index is 3.00. The Morgan fingerprint density at radius 3 is 2.50 bits per heavy atom. The van der Waals surface area contributed by atoms with Crippen LogP contribution >= 0.6 is 0 Å². The summed E-state index contributed by atoms with van der Waals surface area (Å²) in [5, 5.41) is 0. The van der Waals surface area contributed by atoms with Crippen LogP contribution in [0.5, 0.6) is 5.75 Å². The normalized spacial score (nSPS) is 12.2. The van der Waals surface area contributed by atoms with Crippen LogP contribution in [0.2, 0.25) is 0 Å². The lowest BCUT2D eigenvalue weighted by Gasteiger charge is -2.17. The Hall–Kier alpha value is -1.51. The van der Waals surface area contributed by atoms with Crippen LogP contribution in [0.4, 0.5) is 0 Å². The van der Waals surface area contributed by atoms with E-state index in [9.17, 15) is 4.79 Å². The molecule has 0 aliphatic rings. The van der Waals surface area contributed by atoms with Gasteiger partial charge in [0.1, 0.15) is 5.75 Å². The molecule has 0 heterocycles. The topological polar surface area (TPSA) is 52.3 Å². The van der Waals surface area contributed by atoms with Gasteiger partial charge in [-0.25, -0.2) is 0 Å². The van der Waals surface area contributed by atoms with E-state index in [0.29, 0.717) is 6.42 Å². The first-order valence-electron chi connectivity index (χ1n) is 5.49. The van der Waals surface area contributed by atoms with Gasteiger partial charge in [-0.15, -0.1) is 0 Å². The summed E-state index contributed by atoms with van der Waals surface area (Å²) in [5.41, 5.74) is 8.60. The third kappa shape index (κ3) is 2.75. The molecule has 1 aromatic carbocycles. The SMILES string of the molecule is CCC(Oc1cc(C)cc(C)c1C)C(N)=O. The molecule has 16 heavy (non-hydrogen) atoms. The van der Waals surface area contributed by atoms with E-state index in [1.165, 1.54) is 0 Å². The quantitative estimate of drug-likeness (QED) is 0.847. The van der Waals surface area contributed by atoms with Crippen molar-refractivity contribution >= 4 is 5.91 Å². The predicted octanol–water partition coefficient (Wildman–Crippen LogP) is 2.25. The van der Waals surface area contributed by atoms with Crippen LogP contribution in [0.15, 0.2) is 12.1 Å². The zero-order valence-electron chi connectivity index (χ0n) is 10.3. The number of hydrogen-bond acceptors (Lipinski definition) is 2. The zero-order valence-corrected chi connectivity index (χ0v) is 10.3. The maximum Gasteiger partial charge on any atom is 0.258 e. The number of rotatable bonds is 4. The monoisotopic (exact) mass is 221 g/mol. The molecule has 1 unspecified atom stereocenters. The highest BCUT2D eigenvalue weighted by atomic mass is 16.5. The average Bonchev–Trinajstić information content (AvgIpc) is 2.20. The first-order valence-corrected chi connectivity index (χ1v) is 5.49. The lowest BCUT2D eigenvalue weighted by atomic mass is 10.1. The number of aryl methyl sites for hydroxylation is 2. The molecule has 0 saturated carbocycles. The van der Waals surface area contributed by atoms with Crippen molar-refractivity contribution in [3.63, 3.8) is 0 Å². The van der Waals surface area contributed by atoms with Crippen molar-refractivity contribution < 1.29 is 9.53 Å². The summed E-state index contributed by atoms with van der Waals surface area (Å²) in [6.45, 7) is 7.90. The maximum absolute atomic E-state index is 11.1. The summed E-state index contributed by atoms with van der Waals surface area (Å²) in [5.74, 6) is 0.337. The fraction of sp³-hybridized carbons (Fsp3) is 0.462. The number of carbonyl (C=O) groups is 1. The molecule has 0 fully saturated rings. The Bertz CT molecular complexity index is 399. The van der Waals surface area contributed by atoms with E-state index in [0.717, 1.165) is 22.4 Å². The molecule has 1 amide bonds. The van der Waals surface area contributed by atoms with Crippen molar-refractivity contribution in [1.29, 1.82) is 0 Å². The average molecular weight is 221 g/mol. The van der Waals surface area contributed by atoms with Crippen LogP contribution in [0.3, 0.4) is 0 Å². The largest absolute Gasteiger partial charge is 0.480 e. The van der Waals surface area contributed by atoms with Gasteiger partial charge in [0.25, 0.3) is 5.91 Å². The molecule has 0 spiro atoms. The highest BCUT2D eigenvalue weighted by Crippen LogP contribution is 2.24. The highest BCUT2D eigenvalue weighted by molar-refractivity contribution is 5.79. The Morgan fingerprint density at radius 1 is 1.38 bits per heavy atom. The molecule has 0 aliphatic heterocycles. The molecule has 0 saturated heterocycles. The minimum Gasteiger partial charge on any atom is -0.480 e. The fourth-order valence-corrected chi connectivity index (χ4v) is 1.62. The molecule has 0 radical (unpaired) electrons. The van der Waals surface area contributed by atoms with Gasteiger partial charge in [-0.3, -0.25) is 4.79 Å². The molecule has 3 nitrogen and oxygen atoms in total. The van der Waals surface area contributed by atoms with Gasteiger partial charge < -0.3 is 10.5 Å². The maximum atomic E-state index is 11.1. The highest BCUT2D eigenvalue weighted by Gasteiger charge is 2.16. The second kappa shape index (κ2) is 5.01. The van der Waals surface area contributed by atoms with E-state index in [-0.39, 0.29) is 0 Å². The Labute approximate surface area is 96.6 Å². The van der Waals surface area contributed by atoms with Gasteiger partial charge in [0.05, 0.1) is 0 Å². The first kappa shape index (κ1) is 12.6. The summed E-state index contributed by atoms with van der Waals surface area (Å²) in [4.78, 5) is 11.1. The molecule has 88 valence electrons. The van der Waals surface area contributed by atoms with Crippen LogP contribution in [-0.4, -0.2) is 12.0 Å². The molecule has 3 heteroatoms. The molecule has 0 aliphatic carbocycles. The van der Waals surface area contributed by atoms with Crippen LogP contribution in [0, 0.1) is 20.8 Å². The van der Waals surface area contributed by atoms with Crippen LogP contribution in [-0.2, 0) is 4.79 Å². The Morgan fingerprint density at radius 2 is 2.00 bits per heavy atom. The van der Waals surface area contributed by atoms with Gasteiger partial charge in [0.15, 0.2) is 6.10 Å². The lowest BCUT2D eigenvalue weighted by Crippen LogP contribution is -2.33. The number of benzene rings is 1. The van der Waals surface area contributed by atoms with Crippen molar-refractivity contribution in [1.82, 2.24) is 0 Å². The summed E-state index contributed by atoms with van der Waals surface area (Å²) in [6.07, 6.45) is 0.0433. The van der Waals surface area contributed by atoms with Crippen molar-refractivity contribution in [2.24, 2.45) is 5.73 Å². The second-order valence-corrected chi connectivity index (χ2v) is 4.12. The summed E-state index contributed by atoms with van der Waals surface area (Å²) in [6, 6.07) is 4.03. The molecule has 0 aromatic heterocycles. The summed E-state index contributed by atoms with van der Waals surface area (Å²) >= 11 is 0. The fourth-order valence-electron chi connectivity index (χ4n) is 1.62. The third-order valence-corrected chi connectivity index (χ3v) is 2.72. The molecular weight excluding hydrogens is 202 g/mol. The predicted molar refractivity (Wildman–Crippen MR) is 64.6 cm³/mol. The molecule has 1 rings (SSSR count). The lowest BCUT2D eigenvalue weighted by molar-refractivity contribution is -0.124. The summed E-state index contributed by atoms with van der Waals surface area (Å²) in [7, 11) is 0. The van der Waals surface area contributed by atoms with E-state index < -0.39 is 12.0 Å². The zero-order chi connectivity index (χ0) is 12.3. The number of amides is 1. The number of hydrogen-bond donors (Lipinski definition) is 1. The number of primary amides is 1. The van der Waals surface area contributed by atoms with E-state index in [1.54, 1.807) is 0 Å². The Kier molecular flexibility index (Phi) is 3.93. The van der Waals surface area contributed by atoms with E-state index in [4.69, 9.17) is 10.5 Å². The van der Waals surface area contributed by atoms with Gasteiger partial charge >= 0.3 is 0 Å². The van der Waals surface area contributed by atoms with Gasteiger partial charge in [-0.05, 0) is 49.9 Å². The van der Waals surface area contributed by atoms with Crippen LogP contribution < -0.4 is 10.5 Å². The van der Waals surface area contributed by atoms with Crippen molar-refractivity contribution in [2.75, 3.05) is 0 Å². The molecule has 1 aromatic rings. The minimum atomic E-state index is -0.542. The first-order chi connectivity index (χ1) is 7.45. The van der Waals surface area contributed by atoms with Gasteiger partial charge in [0.2, 0.25) is 0 Å². The second-order valence-electron chi connectivity index (χ2n) is 4.12. The number of carbonyl (C=O) groups excluding carboxylic acids is 1. The summed E-state index contributed by atoms with van der Waals surface area (Å²) < 4.78 is 5.64. The van der Waals surface area contributed by atoms with Crippen LogP contribution in [0.1, 0.15) is 30.0 Å². The van der Waals surface area contributed by atoms with E-state index in [2.05, 4.69) is 6.07 Å². The number of nitrogens with two attached hydrogens (primary N) is 1. The van der Waals surface area contributed by atoms with E-state index in [1.807, 2.05) is 33.8 Å². The van der Waals surface area contributed by atoms with Crippen LogP contribution in [0.25, 0.3) is 0 Å². The third-order valence-electron chi connectivity index (χ3n) is 2.72. The standard InChI is InChI=1S/C13H19NO2/c1-5-11(13(14)15)16-12-7-8(2)6-9(3)10(12)4/h6-7,11H,5H2,1-4H3,(H2,14,15). The minimum absolute atomic E-state index is 0.416. The van der Waals surface area contributed by atoms with E-state index >= 15 is 0 Å². The molecule has 2 N–H and O–H groups in total. The van der Waals surface area contributed by atoms with Crippen molar-refractivity contribution in [3.8, 4) is 5.75 Å². The number of ether oxygens (including phenoxy) is 1. The smallest absolute Gasteiger partial charge is 0.258 e. The van der Waals surface area contributed by atoms with Crippen molar-refractivity contribution in [2.45, 2.75) is 40.2 Å². The van der Waals surface area contributed by atoms with Gasteiger partial charge in [-0.1, -0.05) is 13.0 Å². The van der Waals surface area contributed by atoms with Gasteiger partial charge in [0, 0.05) is 0 Å². The van der Waals surface area contributed by atoms with Crippen molar-refractivity contribution in [3.05, 3.63) is 28.8 Å². The molecular formula is C13H19NO2.